The summed E-state index contributed by atoms with van der Waals surface area (Å²) < 4.78 is 25.5. The van der Waals surface area contributed by atoms with Gasteiger partial charge in [-0.3, -0.25) is 0 Å². The molecule has 1 radical (unpaired) electrons. The van der Waals surface area contributed by atoms with Crippen molar-refractivity contribution in [3.05, 3.63) is 66.6 Å². The molecule has 0 atom stereocenters. The van der Waals surface area contributed by atoms with E-state index in [0.29, 0.717) is 5.56 Å². The monoisotopic (exact) mass is 203 g/mol. The molecule has 0 saturated heterocycles. The van der Waals surface area contributed by atoms with Crippen molar-refractivity contribution in [2.24, 2.45) is 0 Å². The fraction of sp³-hybridized carbons (Fsp3) is 0. The molecule has 2 aromatic rings. The van der Waals surface area contributed by atoms with E-state index in [9.17, 15) is 8.78 Å². The van der Waals surface area contributed by atoms with Gasteiger partial charge in [-0.1, -0.05) is 18.2 Å². The molecule has 0 aromatic heterocycles. The highest BCUT2D eigenvalue weighted by molar-refractivity contribution is 5.68. The van der Waals surface area contributed by atoms with Crippen LogP contribution in [0.25, 0.3) is 11.1 Å². The molecular weight excluding hydrogens is 194 g/mol. The number of benzene rings is 2. The zero-order chi connectivity index (χ0) is 10.8. The summed E-state index contributed by atoms with van der Waals surface area (Å²) >= 11 is 0. The molecule has 0 aliphatic carbocycles. The molecule has 0 spiro atoms. The topological polar surface area (TPSA) is 0 Å². The van der Waals surface area contributed by atoms with E-state index in [-0.39, 0.29) is 11.6 Å². The number of hydrogen-bond donors (Lipinski definition) is 0. The van der Waals surface area contributed by atoms with Crippen LogP contribution in [-0.2, 0) is 0 Å². The number of rotatable bonds is 1. The van der Waals surface area contributed by atoms with Gasteiger partial charge in [0.1, 0.15) is 11.6 Å². The lowest BCUT2D eigenvalue weighted by atomic mass is 10.0. The van der Waals surface area contributed by atoms with Gasteiger partial charge >= 0.3 is 0 Å². The first-order valence-electron chi connectivity index (χ1n) is 4.54. The van der Waals surface area contributed by atoms with Crippen molar-refractivity contribution in [2.75, 3.05) is 0 Å². The summed E-state index contributed by atoms with van der Waals surface area (Å²) in [6.45, 7) is 3.75. The van der Waals surface area contributed by atoms with Crippen LogP contribution in [0, 0.1) is 18.6 Å². The van der Waals surface area contributed by atoms with Crippen molar-refractivity contribution in [2.45, 2.75) is 0 Å². The Hall–Kier alpha value is -1.70. The summed E-state index contributed by atoms with van der Waals surface area (Å²) in [5.41, 5.74) is 2.25. The Kier molecular flexibility index (Phi) is 2.50. The van der Waals surface area contributed by atoms with Crippen LogP contribution in [0.5, 0.6) is 0 Å². The Bertz CT molecular complexity index is 472. The second-order valence-electron chi connectivity index (χ2n) is 3.31. The second kappa shape index (κ2) is 3.81. The molecule has 0 saturated carbocycles. The van der Waals surface area contributed by atoms with Crippen LogP contribution >= 0.6 is 0 Å². The highest BCUT2D eigenvalue weighted by Crippen LogP contribution is 2.23. The second-order valence-corrected chi connectivity index (χ2v) is 3.31. The van der Waals surface area contributed by atoms with Crippen molar-refractivity contribution in [3.63, 3.8) is 0 Å². The van der Waals surface area contributed by atoms with Gasteiger partial charge in [-0.15, -0.1) is 0 Å². The largest absolute Gasteiger partial charge is 0.207 e. The molecule has 2 heteroatoms. The lowest BCUT2D eigenvalue weighted by Crippen LogP contribution is -1.85. The lowest BCUT2D eigenvalue weighted by molar-refractivity contribution is 0.626. The zero-order valence-electron chi connectivity index (χ0n) is 8.00. The van der Waals surface area contributed by atoms with Crippen LogP contribution in [-0.4, -0.2) is 0 Å². The first kappa shape index (κ1) is 9.84. The van der Waals surface area contributed by atoms with E-state index in [4.69, 9.17) is 0 Å². The standard InChI is InChI=1S/C13H9F2/c1-9-8-12(15)6-7-13(9)10-2-4-11(14)5-3-10/h2-8H,1H2. The van der Waals surface area contributed by atoms with Gasteiger partial charge in [0.2, 0.25) is 0 Å². The van der Waals surface area contributed by atoms with Crippen molar-refractivity contribution in [1.29, 1.82) is 0 Å². The van der Waals surface area contributed by atoms with Gasteiger partial charge in [0.15, 0.2) is 0 Å². The van der Waals surface area contributed by atoms with E-state index >= 15 is 0 Å². The molecule has 2 aromatic carbocycles. The molecule has 75 valence electrons. The van der Waals surface area contributed by atoms with Gasteiger partial charge in [0.25, 0.3) is 0 Å². The first-order chi connectivity index (χ1) is 7.16. The SMILES string of the molecule is [CH2]c1cc(F)ccc1-c1ccc(F)cc1. The number of halogens is 2. The Morgan fingerprint density at radius 3 is 2.00 bits per heavy atom. The molecule has 0 unspecified atom stereocenters. The van der Waals surface area contributed by atoms with Gasteiger partial charge in [-0.25, -0.2) is 8.78 Å². The first-order valence-corrected chi connectivity index (χ1v) is 4.54. The predicted octanol–water partition coefficient (Wildman–Crippen LogP) is 3.81. The van der Waals surface area contributed by atoms with Crippen molar-refractivity contribution in [3.8, 4) is 11.1 Å². The molecule has 2 rings (SSSR count). The molecule has 0 aliphatic heterocycles. The maximum Gasteiger partial charge on any atom is 0.123 e. The van der Waals surface area contributed by atoms with Crippen LogP contribution in [0.1, 0.15) is 5.56 Å². The van der Waals surface area contributed by atoms with E-state index < -0.39 is 0 Å². The van der Waals surface area contributed by atoms with Gasteiger partial charge in [0.05, 0.1) is 0 Å². The molecular formula is C13H9F2. The molecule has 0 aliphatic rings. The van der Waals surface area contributed by atoms with Gasteiger partial charge in [0, 0.05) is 0 Å². The highest BCUT2D eigenvalue weighted by Gasteiger charge is 2.02. The van der Waals surface area contributed by atoms with Crippen molar-refractivity contribution >= 4 is 0 Å². The maximum absolute atomic E-state index is 12.8. The minimum Gasteiger partial charge on any atom is -0.207 e. The van der Waals surface area contributed by atoms with Crippen molar-refractivity contribution < 1.29 is 8.78 Å². The maximum atomic E-state index is 12.8. The third kappa shape index (κ3) is 2.04. The van der Waals surface area contributed by atoms with Gasteiger partial charge in [-0.05, 0) is 47.9 Å². The predicted molar refractivity (Wildman–Crippen MR) is 56.3 cm³/mol. The average molecular weight is 203 g/mol. The zero-order valence-corrected chi connectivity index (χ0v) is 8.00. The van der Waals surface area contributed by atoms with Crippen LogP contribution in [0.3, 0.4) is 0 Å². The molecule has 0 heterocycles. The Morgan fingerprint density at radius 1 is 0.800 bits per heavy atom. The van der Waals surface area contributed by atoms with Crippen LogP contribution in [0.2, 0.25) is 0 Å². The van der Waals surface area contributed by atoms with Crippen LogP contribution in [0.15, 0.2) is 42.5 Å². The average Bonchev–Trinajstić information content (AvgIpc) is 2.20. The molecule has 0 fully saturated rings. The molecule has 0 bridgehead atoms. The highest BCUT2D eigenvalue weighted by atomic mass is 19.1. The molecule has 0 amide bonds. The normalized spacial score (nSPS) is 10.3. The Balaban J connectivity index is 2.49. The summed E-state index contributed by atoms with van der Waals surface area (Å²) in [5, 5.41) is 0. The van der Waals surface area contributed by atoms with E-state index in [1.807, 2.05) is 0 Å². The van der Waals surface area contributed by atoms with E-state index in [2.05, 4.69) is 6.92 Å². The van der Waals surface area contributed by atoms with Gasteiger partial charge < -0.3 is 0 Å². The van der Waals surface area contributed by atoms with Gasteiger partial charge in [-0.2, -0.15) is 0 Å². The van der Waals surface area contributed by atoms with Crippen LogP contribution in [0.4, 0.5) is 8.78 Å². The third-order valence-corrected chi connectivity index (χ3v) is 2.22. The smallest absolute Gasteiger partial charge is 0.123 e. The lowest BCUT2D eigenvalue weighted by Gasteiger charge is -2.05. The molecule has 15 heavy (non-hydrogen) atoms. The molecule has 0 N–H and O–H groups in total. The minimum absolute atomic E-state index is 0.286. The van der Waals surface area contributed by atoms with E-state index in [0.717, 1.165) is 11.1 Å². The summed E-state index contributed by atoms with van der Waals surface area (Å²) in [7, 11) is 0. The summed E-state index contributed by atoms with van der Waals surface area (Å²) in [5.74, 6) is -0.600. The number of hydrogen-bond acceptors (Lipinski definition) is 0. The third-order valence-electron chi connectivity index (χ3n) is 2.22. The minimum atomic E-state index is -0.314. The summed E-state index contributed by atoms with van der Waals surface area (Å²) in [4.78, 5) is 0. The fourth-order valence-corrected chi connectivity index (χ4v) is 1.47. The Labute approximate surface area is 87.2 Å². The summed E-state index contributed by atoms with van der Waals surface area (Å²) in [6, 6.07) is 10.4. The quantitative estimate of drug-likeness (QED) is 0.661. The fourth-order valence-electron chi connectivity index (χ4n) is 1.47. The molecule has 0 nitrogen and oxygen atoms in total. The van der Waals surface area contributed by atoms with E-state index in [1.165, 1.54) is 24.3 Å². The van der Waals surface area contributed by atoms with E-state index in [1.54, 1.807) is 18.2 Å². The summed E-state index contributed by atoms with van der Waals surface area (Å²) in [6.07, 6.45) is 0. The Morgan fingerprint density at radius 2 is 1.40 bits per heavy atom. The van der Waals surface area contributed by atoms with Crippen molar-refractivity contribution in [1.82, 2.24) is 0 Å². The van der Waals surface area contributed by atoms with Crippen LogP contribution < -0.4 is 0 Å².